The molecule has 3 aromatic carbocycles. The van der Waals surface area contributed by atoms with E-state index in [-0.39, 0.29) is 0 Å². The third-order valence-corrected chi connectivity index (χ3v) is 4.65. The lowest BCUT2D eigenvalue weighted by molar-refractivity contribution is 0.763. The van der Waals surface area contributed by atoms with Crippen LogP contribution in [0.5, 0.6) is 0 Å². The number of aryl methyl sites for hydroxylation is 1. The molecule has 3 aromatic rings. The molecule has 114 valence electrons. The first-order valence-corrected chi connectivity index (χ1v) is 7.99. The Morgan fingerprint density at radius 3 is 2.43 bits per heavy atom. The lowest BCUT2D eigenvalue weighted by Gasteiger charge is -2.33. The average molecular weight is 324 g/mol. The van der Waals surface area contributed by atoms with Gasteiger partial charge < -0.3 is 4.90 Å². The second kappa shape index (κ2) is 5.36. The molecule has 0 amide bonds. The molecule has 0 aromatic heterocycles. The summed E-state index contributed by atoms with van der Waals surface area (Å²) in [7, 11) is 0. The molecule has 0 radical (unpaired) electrons. The van der Waals surface area contributed by atoms with Gasteiger partial charge in [0.25, 0.3) is 5.43 Å². The van der Waals surface area contributed by atoms with Crippen molar-refractivity contribution < 1.29 is 0 Å². The maximum atomic E-state index is 12.2. The SMILES string of the molecule is O=c1c(-c2ccc(Cl)cc2)c(N2CCCc3ccccc32)c1=O. The van der Waals surface area contributed by atoms with E-state index in [9.17, 15) is 9.59 Å². The molecular weight excluding hydrogens is 310 g/mol. The van der Waals surface area contributed by atoms with Gasteiger partial charge in [-0.2, -0.15) is 0 Å². The lowest BCUT2D eigenvalue weighted by Crippen LogP contribution is -2.41. The van der Waals surface area contributed by atoms with Crippen LogP contribution in [0.1, 0.15) is 12.0 Å². The molecule has 0 aliphatic carbocycles. The molecule has 1 aliphatic rings. The number of nitrogens with zero attached hydrogens (tertiary/aromatic N) is 1. The van der Waals surface area contributed by atoms with Gasteiger partial charge in [-0.1, -0.05) is 41.9 Å². The van der Waals surface area contributed by atoms with Crippen LogP contribution in [0.15, 0.2) is 58.1 Å². The zero-order chi connectivity index (χ0) is 16.0. The summed E-state index contributed by atoms with van der Waals surface area (Å²) in [4.78, 5) is 26.4. The van der Waals surface area contributed by atoms with E-state index in [4.69, 9.17) is 11.6 Å². The van der Waals surface area contributed by atoms with Gasteiger partial charge in [0.05, 0.1) is 5.56 Å². The predicted octanol–water partition coefficient (Wildman–Crippen LogP) is 3.69. The van der Waals surface area contributed by atoms with E-state index in [0.29, 0.717) is 16.3 Å². The fourth-order valence-corrected chi connectivity index (χ4v) is 3.41. The van der Waals surface area contributed by atoms with Gasteiger partial charge in [0, 0.05) is 17.3 Å². The summed E-state index contributed by atoms with van der Waals surface area (Å²) in [6.45, 7) is 0.752. The largest absolute Gasteiger partial charge is 0.337 e. The Hall–Kier alpha value is -2.39. The molecule has 3 nitrogen and oxygen atoms in total. The number of benzene rings is 2. The number of anilines is 2. The van der Waals surface area contributed by atoms with Gasteiger partial charge >= 0.3 is 0 Å². The van der Waals surface area contributed by atoms with Crippen molar-refractivity contribution >= 4 is 23.0 Å². The van der Waals surface area contributed by atoms with Gasteiger partial charge in [0.1, 0.15) is 5.69 Å². The molecule has 0 bridgehead atoms. The van der Waals surface area contributed by atoms with Crippen LogP contribution < -0.4 is 15.8 Å². The molecule has 0 fully saturated rings. The van der Waals surface area contributed by atoms with Gasteiger partial charge in [0.15, 0.2) is 0 Å². The Labute approximate surface area is 138 Å². The highest BCUT2D eigenvalue weighted by molar-refractivity contribution is 6.30. The second-order valence-corrected chi connectivity index (χ2v) is 6.21. The highest BCUT2D eigenvalue weighted by atomic mass is 35.5. The van der Waals surface area contributed by atoms with Gasteiger partial charge in [-0.15, -0.1) is 0 Å². The first-order chi connectivity index (χ1) is 11.2. The first-order valence-electron chi connectivity index (χ1n) is 7.61. The van der Waals surface area contributed by atoms with Crippen LogP contribution in [0.2, 0.25) is 5.02 Å². The fourth-order valence-electron chi connectivity index (χ4n) is 3.29. The van der Waals surface area contributed by atoms with Crippen molar-refractivity contribution in [3.8, 4) is 11.1 Å². The molecule has 1 aliphatic heterocycles. The van der Waals surface area contributed by atoms with E-state index in [0.717, 1.165) is 30.6 Å². The summed E-state index contributed by atoms with van der Waals surface area (Å²) in [5, 5.41) is 0.609. The molecule has 0 N–H and O–H groups in total. The number of fused-ring (bicyclic) bond motifs is 1. The van der Waals surface area contributed by atoms with Crippen molar-refractivity contribution in [2.45, 2.75) is 12.8 Å². The van der Waals surface area contributed by atoms with Crippen molar-refractivity contribution in [2.75, 3.05) is 11.4 Å². The average Bonchev–Trinajstić information content (AvgIpc) is 2.59. The Kier molecular flexibility index (Phi) is 3.31. The van der Waals surface area contributed by atoms with Crippen LogP contribution in [0, 0.1) is 0 Å². The molecule has 1 heterocycles. The van der Waals surface area contributed by atoms with E-state index in [1.165, 1.54) is 5.56 Å². The molecule has 0 saturated heterocycles. The van der Waals surface area contributed by atoms with Gasteiger partial charge in [-0.3, -0.25) is 9.59 Å². The van der Waals surface area contributed by atoms with Crippen molar-refractivity contribution in [1.29, 1.82) is 0 Å². The molecule has 0 unspecified atom stereocenters. The third kappa shape index (κ3) is 2.20. The fraction of sp³-hybridized carbons (Fsp3) is 0.158. The van der Waals surface area contributed by atoms with Gasteiger partial charge in [-0.05, 0) is 42.2 Å². The summed E-state index contributed by atoms with van der Waals surface area (Å²) in [6.07, 6.45) is 1.97. The number of hydrogen-bond donors (Lipinski definition) is 0. The van der Waals surface area contributed by atoms with Crippen LogP contribution in [0.3, 0.4) is 0 Å². The number of rotatable bonds is 2. The summed E-state index contributed by atoms with van der Waals surface area (Å²) in [6, 6.07) is 15.1. The minimum absolute atomic E-state index is 0.397. The monoisotopic (exact) mass is 323 g/mol. The van der Waals surface area contributed by atoms with E-state index < -0.39 is 10.9 Å². The Morgan fingerprint density at radius 1 is 0.913 bits per heavy atom. The summed E-state index contributed by atoms with van der Waals surface area (Å²) in [5.41, 5.74) is 3.21. The topological polar surface area (TPSA) is 37.4 Å². The Bertz CT molecular complexity index is 952. The normalized spacial score (nSPS) is 14.0. The molecule has 0 saturated carbocycles. The molecule has 4 heteroatoms. The molecule has 0 atom stereocenters. The van der Waals surface area contributed by atoms with Gasteiger partial charge in [-0.25, -0.2) is 0 Å². The smallest absolute Gasteiger partial charge is 0.250 e. The Balaban J connectivity index is 1.86. The van der Waals surface area contributed by atoms with Crippen molar-refractivity contribution in [2.24, 2.45) is 0 Å². The van der Waals surface area contributed by atoms with Crippen molar-refractivity contribution in [1.82, 2.24) is 0 Å². The minimum atomic E-state index is -0.412. The molecule has 4 rings (SSSR count). The number of halogens is 1. The van der Waals surface area contributed by atoms with Crippen LogP contribution in [0.25, 0.3) is 11.1 Å². The minimum Gasteiger partial charge on any atom is -0.337 e. The second-order valence-electron chi connectivity index (χ2n) is 5.77. The number of para-hydroxylation sites is 1. The summed E-state index contributed by atoms with van der Waals surface area (Å²) in [5.74, 6) is 0. The van der Waals surface area contributed by atoms with Crippen LogP contribution in [-0.2, 0) is 6.42 Å². The van der Waals surface area contributed by atoms with Gasteiger partial charge in [0.2, 0.25) is 5.43 Å². The van der Waals surface area contributed by atoms with E-state index in [1.54, 1.807) is 24.3 Å². The maximum Gasteiger partial charge on any atom is 0.250 e. The maximum absolute atomic E-state index is 12.2. The third-order valence-electron chi connectivity index (χ3n) is 4.40. The van der Waals surface area contributed by atoms with Crippen LogP contribution in [-0.4, -0.2) is 6.54 Å². The molecular formula is C19H14ClNO2. The van der Waals surface area contributed by atoms with Crippen LogP contribution in [0.4, 0.5) is 11.4 Å². The molecule has 23 heavy (non-hydrogen) atoms. The number of hydrogen-bond acceptors (Lipinski definition) is 3. The van der Waals surface area contributed by atoms with Crippen molar-refractivity contribution in [3.63, 3.8) is 0 Å². The summed E-state index contributed by atoms with van der Waals surface area (Å²) >= 11 is 5.92. The zero-order valence-corrected chi connectivity index (χ0v) is 13.1. The highest BCUT2D eigenvalue weighted by Gasteiger charge is 2.30. The summed E-state index contributed by atoms with van der Waals surface area (Å²) < 4.78 is 0. The van der Waals surface area contributed by atoms with Crippen molar-refractivity contribution in [3.05, 3.63) is 79.6 Å². The standard InChI is InChI=1S/C19H14ClNO2/c20-14-9-7-13(8-10-14)16-17(19(23)18(16)22)21-11-3-5-12-4-1-2-6-15(12)21/h1-2,4,6-10H,3,5,11H2. The Morgan fingerprint density at radius 2 is 1.65 bits per heavy atom. The first kappa shape index (κ1) is 14.2. The predicted molar refractivity (Wildman–Crippen MR) is 93.6 cm³/mol. The lowest BCUT2D eigenvalue weighted by atomic mass is 9.94. The quantitative estimate of drug-likeness (QED) is 0.675. The van der Waals surface area contributed by atoms with Crippen LogP contribution >= 0.6 is 11.6 Å². The van der Waals surface area contributed by atoms with E-state index >= 15 is 0 Å². The zero-order valence-electron chi connectivity index (χ0n) is 12.4. The van der Waals surface area contributed by atoms with E-state index in [1.807, 2.05) is 23.1 Å². The van der Waals surface area contributed by atoms with E-state index in [2.05, 4.69) is 6.07 Å². The molecule has 0 spiro atoms. The highest BCUT2D eigenvalue weighted by Crippen LogP contribution is 2.36.